The predicted octanol–water partition coefficient (Wildman–Crippen LogP) is 4.81. The van der Waals surface area contributed by atoms with Gasteiger partial charge >= 0.3 is 5.97 Å². The van der Waals surface area contributed by atoms with Crippen molar-refractivity contribution >= 4 is 40.2 Å². The Morgan fingerprint density at radius 2 is 1.58 bits per heavy atom. The van der Waals surface area contributed by atoms with E-state index in [0.717, 1.165) is 16.3 Å². The number of esters is 1. The fourth-order valence-electron chi connectivity index (χ4n) is 8.32. The number of aliphatic hydroxyl groups is 1. The third-order valence-electron chi connectivity index (χ3n) is 10.7. The lowest BCUT2D eigenvalue weighted by atomic mass is 9.77. The van der Waals surface area contributed by atoms with E-state index in [0.29, 0.717) is 17.7 Å². The number of carbonyl (C=O) groups excluding carboxylic acids is 4. The Kier molecular flexibility index (Phi) is 8.94. The number of carbonyl (C=O) groups is 4. The minimum absolute atomic E-state index is 0.0885. The second kappa shape index (κ2) is 13.9. The molecule has 10 nitrogen and oxygen atoms in total. The molecule has 10 heteroatoms. The predicted molar refractivity (Wildman–Crippen MR) is 194 cm³/mol. The number of rotatable bonds is 5. The summed E-state index contributed by atoms with van der Waals surface area (Å²) in [5, 5.41) is 16.0. The van der Waals surface area contributed by atoms with Crippen molar-refractivity contribution in [1.82, 2.24) is 10.2 Å². The van der Waals surface area contributed by atoms with Crippen molar-refractivity contribution in [1.29, 1.82) is 0 Å². The summed E-state index contributed by atoms with van der Waals surface area (Å²) in [5.74, 6) is -3.85. The summed E-state index contributed by atoms with van der Waals surface area (Å²) in [6.45, 7) is -0.339. The molecule has 4 aromatic carbocycles. The molecule has 4 heterocycles. The Labute approximate surface area is 301 Å². The number of aliphatic hydroxyl groups excluding tert-OH is 1. The SMILES string of the molecule is O=C1CC/C=C\[C@@H]2O[C@@]34C=CCN(c5ccc6ccccc6c5)C(=O)[C@@H]3N([C@H](CO)c3ccccc3)C(=O)[C@H]4[C@@H]2C(=O)N[C@@H](c2ccccc2)CO1. The van der Waals surface area contributed by atoms with Crippen LogP contribution in [0.2, 0.25) is 0 Å². The van der Waals surface area contributed by atoms with Crippen LogP contribution in [0.3, 0.4) is 0 Å². The Bertz CT molecular complexity index is 2070. The summed E-state index contributed by atoms with van der Waals surface area (Å²) >= 11 is 0. The number of cyclic esters (lactones) is 1. The first-order valence-electron chi connectivity index (χ1n) is 17.7. The molecule has 0 aliphatic carbocycles. The number of likely N-dealkylation sites (tertiary alicyclic amines) is 1. The third kappa shape index (κ3) is 5.78. The first-order valence-corrected chi connectivity index (χ1v) is 17.7. The molecular weight excluding hydrogens is 658 g/mol. The van der Waals surface area contributed by atoms with Crippen molar-refractivity contribution in [3.63, 3.8) is 0 Å². The van der Waals surface area contributed by atoms with Gasteiger partial charge in [0.2, 0.25) is 11.8 Å². The minimum atomic E-state index is -1.55. The normalized spacial score (nSPS) is 28.8. The highest BCUT2D eigenvalue weighted by Gasteiger charge is 2.72. The van der Waals surface area contributed by atoms with Crippen molar-refractivity contribution in [2.24, 2.45) is 11.8 Å². The molecule has 52 heavy (non-hydrogen) atoms. The number of anilines is 1. The van der Waals surface area contributed by atoms with Crippen molar-refractivity contribution in [3.05, 3.63) is 139 Å². The zero-order valence-corrected chi connectivity index (χ0v) is 28.4. The molecule has 1 spiro atoms. The van der Waals surface area contributed by atoms with Crippen LogP contribution in [-0.4, -0.2) is 71.2 Å². The topological polar surface area (TPSA) is 125 Å². The third-order valence-corrected chi connectivity index (χ3v) is 10.7. The standard InChI is InChI=1S/C42H39N3O7/c46-25-33(29-15-5-2-6-16-29)45-38-41(50)44(31-21-20-27-12-7-8-17-30(27)24-31)23-11-22-42(38)37(40(45)49)36-34(52-42)18-9-10-19-35(47)51-26-32(43-39(36)48)28-13-3-1-4-14-28/h1-9,11-18,20-22,24,32-34,36-38,46H,10,19,23,25-26H2,(H,43,48)/b18-9-/t32-,33-,34+,36-,37-,38+,42-/m1/s1. The molecule has 4 aliphatic heterocycles. The number of allylic oxidation sites excluding steroid dienone is 1. The number of amides is 3. The molecule has 2 N–H and O–H groups in total. The molecule has 0 radical (unpaired) electrons. The van der Waals surface area contributed by atoms with Crippen LogP contribution in [0.5, 0.6) is 0 Å². The summed E-state index contributed by atoms with van der Waals surface area (Å²) in [4.78, 5) is 60.6. The van der Waals surface area contributed by atoms with Crippen molar-refractivity contribution in [2.75, 3.05) is 24.7 Å². The van der Waals surface area contributed by atoms with E-state index in [2.05, 4.69) is 5.32 Å². The number of fused-ring (bicyclic) bond motifs is 3. The molecule has 0 aromatic heterocycles. The van der Waals surface area contributed by atoms with Crippen LogP contribution in [-0.2, 0) is 28.7 Å². The second-order valence-electron chi connectivity index (χ2n) is 13.7. The highest BCUT2D eigenvalue weighted by atomic mass is 16.5. The van der Waals surface area contributed by atoms with E-state index in [-0.39, 0.29) is 25.5 Å². The molecule has 0 saturated carbocycles. The highest BCUT2D eigenvalue weighted by molar-refractivity contribution is 6.06. The lowest BCUT2D eigenvalue weighted by Gasteiger charge is -2.38. The Morgan fingerprint density at radius 1 is 0.846 bits per heavy atom. The lowest BCUT2D eigenvalue weighted by Crippen LogP contribution is -2.56. The number of hydrogen-bond donors (Lipinski definition) is 2. The molecule has 8 rings (SSSR count). The summed E-state index contributed by atoms with van der Waals surface area (Å²) in [6.07, 6.45) is 6.69. The second-order valence-corrected chi connectivity index (χ2v) is 13.7. The zero-order valence-electron chi connectivity index (χ0n) is 28.4. The molecule has 2 fully saturated rings. The molecule has 2 saturated heterocycles. The summed E-state index contributed by atoms with van der Waals surface area (Å²) in [7, 11) is 0. The summed E-state index contributed by atoms with van der Waals surface area (Å²) in [5.41, 5.74) is 0.489. The van der Waals surface area contributed by atoms with Gasteiger partial charge in [-0.05, 0) is 40.5 Å². The van der Waals surface area contributed by atoms with Gasteiger partial charge in [-0.1, -0.05) is 115 Å². The average Bonchev–Trinajstić information content (AvgIpc) is 3.56. The number of nitrogens with one attached hydrogen (secondary N) is 1. The van der Waals surface area contributed by atoms with Crippen LogP contribution in [0, 0.1) is 11.8 Å². The van der Waals surface area contributed by atoms with Crippen LogP contribution in [0.1, 0.15) is 36.1 Å². The van der Waals surface area contributed by atoms with Gasteiger partial charge in [0.15, 0.2) is 0 Å². The highest BCUT2D eigenvalue weighted by Crippen LogP contribution is 2.55. The van der Waals surface area contributed by atoms with Gasteiger partial charge in [0.1, 0.15) is 18.2 Å². The van der Waals surface area contributed by atoms with E-state index in [4.69, 9.17) is 9.47 Å². The molecule has 7 atom stereocenters. The number of ether oxygens (including phenoxy) is 2. The minimum Gasteiger partial charge on any atom is -0.463 e. The van der Waals surface area contributed by atoms with E-state index >= 15 is 9.59 Å². The van der Waals surface area contributed by atoms with E-state index in [1.165, 1.54) is 4.90 Å². The van der Waals surface area contributed by atoms with Gasteiger partial charge in [-0.25, -0.2) is 0 Å². The van der Waals surface area contributed by atoms with Crippen molar-refractivity contribution in [2.45, 2.75) is 42.7 Å². The van der Waals surface area contributed by atoms with Gasteiger partial charge in [-0.3, -0.25) is 19.2 Å². The Hall–Kier alpha value is -5.58. The number of benzene rings is 4. The molecule has 0 unspecified atom stereocenters. The number of hydrogen-bond acceptors (Lipinski definition) is 7. The maximum Gasteiger partial charge on any atom is 0.306 e. The number of nitrogens with zero attached hydrogens (tertiary/aromatic N) is 2. The van der Waals surface area contributed by atoms with Crippen LogP contribution >= 0.6 is 0 Å². The summed E-state index contributed by atoms with van der Waals surface area (Å²) in [6, 6.07) is 29.2. The molecule has 3 amide bonds. The molecule has 0 bridgehead atoms. The van der Waals surface area contributed by atoms with Crippen LogP contribution < -0.4 is 10.2 Å². The average molecular weight is 698 g/mol. The smallest absolute Gasteiger partial charge is 0.306 e. The first kappa shape index (κ1) is 33.6. The van der Waals surface area contributed by atoms with Gasteiger partial charge in [0.05, 0.1) is 36.6 Å². The van der Waals surface area contributed by atoms with E-state index in [1.807, 2.05) is 109 Å². The lowest BCUT2D eigenvalue weighted by molar-refractivity contribution is -0.146. The van der Waals surface area contributed by atoms with Gasteiger partial charge in [-0.2, -0.15) is 0 Å². The quantitative estimate of drug-likeness (QED) is 0.227. The van der Waals surface area contributed by atoms with Crippen LogP contribution in [0.4, 0.5) is 5.69 Å². The molecule has 264 valence electrons. The van der Waals surface area contributed by atoms with Crippen LogP contribution in [0.15, 0.2) is 127 Å². The van der Waals surface area contributed by atoms with Crippen molar-refractivity contribution < 1.29 is 33.8 Å². The van der Waals surface area contributed by atoms with E-state index in [9.17, 15) is 14.7 Å². The Balaban J connectivity index is 1.25. The van der Waals surface area contributed by atoms with Gasteiger partial charge < -0.3 is 29.7 Å². The van der Waals surface area contributed by atoms with Gasteiger partial charge in [-0.15, -0.1) is 0 Å². The molecule has 4 aromatic rings. The largest absolute Gasteiger partial charge is 0.463 e. The van der Waals surface area contributed by atoms with E-state index < -0.39 is 66.1 Å². The van der Waals surface area contributed by atoms with E-state index in [1.54, 1.807) is 23.1 Å². The van der Waals surface area contributed by atoms with Crippen molar-refractivity contribution in [3.8, 4) is 0 Å². The van der Waals surface area contributed by atoms with Crippen LogP contribution in [0.25, 0.3) is 10.8 Å². The van der Waals surface area contributed by atoms with Gasteiger partial charge in [0.25, 0.3) is 5.91 Å². The Morgan fingerprint density at radius 3 is 2.35 bits per heavy atom. The van der Waals surface area contributed by atoms with Gasteiger partial charge in [0, 0.05) is 18.7 Å². The fraction of sp³-hybridized carbons (Fsp3) is 0.286. The molecular formula is C42H39N3O7. The maximum atomic E-state index is 15.2. The zero-order chi connectivity index (χ0) is 35.8. The first-order chi connectivity index (χ1) is 25.4. The summed E-state index contributed by atoms with van der Waals surface area (Å²) < 4.78 is 12.5. The monoisotopic (exact) mass is 697 g/mol. The molecule has 4 aliphatic rings. The fourth-order valence-corrected chi connectivity index (χ4v) is 8.32. The maximum absolute atomic E-state index is 15.2.